The highest BCUT2D eigenvalue weighted by molar-refractivity contribution is 6.46. The van der Waals surface area contributed by atoms with Crippen molar-refractivity contribution in [3.05, 3.63) is 64.7 Å². The number of Topliss-reactive ketones (excluding diaryl/α,β-unsaturated/α-hetero) is 1. The Labute approximate surface area is 199 Å². The third-order valence-corrected chi connectivity index (χ3v) is 6.35. The number of benzene rings is 2. The van der Waals surface area contributed by atoms with Crippen LogP contribution in [0.2, 0.25) is 0 Å². The minimum Gasteiger partial charge on any atom is -0.507 e. The molecule has 2 aliphatic rings. The lowest BCUT2D eigenvalue weighted by molar-refractivity contribution is -0.140. The Balaban J connectivity index is 1.77. The van der Waals surface area contributed by atoms with Crippen LogP contribution in [0.3, 0.4) is 0 Å². The fraction of sp³-hybridized carbons (Fsp3) is 0.385. The van der Waals surface area contributed by atoms with Crippen LogP contribution in [-0.4, -0.2) is 80.2 Å². The number of hydrogen-bond acceptors (Lipinski definition) is 7. The number of morpholine rings is 1. The molecule has 8 heteroatoms. The molecule has 180 valence electrons. The minimum absolute atomic E-state index is 0.0723. The van der Waals surface area contributed by atoms with Gasteiger partial charge in [0.05, 0.1) is 39.0 Å². The second-order valence-corrected chi connectivity index (χ2v) is 8.43. The maximum atomic E-state index is 13.2. The number of ketones is 1. The van der Waals surface area contributed by atoms with Crippen molar-refractivity contribution in [2.75, 3.05) is 53.6 Å². The summed E-state index contributed by atoms with van der Waals surface area (Å²) in [6, 6.07) is 11.7. The predicted octanol–water partition coefficient (Wildman–Crippen LogP) is 2.77. The first-order valence-electron chi connectivity index (χ1n) is 11.3. The third kappa shape index (κ3) is 4.64. The Morgan fingerprint density at radius 1 is 1.00 bits per heavy atom. The third-order valence-electron chi connectivity index (χ3n) is 6.35. The fourth-order valence-corrected chi connectivity index (χ4v) is 4.42. The average Bonchev–Trinajstić information content (AvgIpc) is 3.12. The first-order valence-corrected chi connectivity index (χ1v) is 11.3. The van der Waals surface area contributed by atoms with Gasteiger partial charge in [0.25, 0.3) is 11.7 Å². The summed E-state index contributed by atoms with van der Waals surface area (Å²) in [4.78, 5) is 30.1. The normalized spacial score (nSPS) is 20.6. The van der Waals surface area contributed by atoms with E-state index in [1.165, 1.54) is 7.11 Å². The van der Waals surface area contributed by atoms with Gasteiger partial charge in [-0.05, 0) is 24.6 Å². The molecule has 8 nitrogen and oxygen atoms in total. The molecule has 2 fully saturated rings. The van der Waals surface area contributed by atoms with Gasteiger partial charge < -0.3 is 24.2 Å². The predicted molar refractivity (Wildman–Crippen MR) is 127 cm³/mol. The summed E-state index contributed by atoms with van der Waals surface area (Å²) in [6.45, 7) is 5.72. The largest absolute Gasteiger partial charge is 0.507 e. The van der Waals surface area contributed by atoms with Gasteiger partial charge in [-0.15, -0.1) is 0 Å². The molecule has 1 N–H and O–H groups in total. The maximum Gasteiger partial charge on any atom is 0.295 e. The van der Waals surface area contributed by atoms with Crippen LogP contribution in [-0.2, 0) is 14.3 Å². The lowest BCUT2D eigenvalue weighted by Crippen LogP contribution is -2.42. The number of amides is 1. The van der Waals surface area contributed by atoms with Crippen LogP contribution in [0.4, 0.5) is 0 Å². The molecule has 2 saturated heterocycles. The quantitative estimate of drug-likeness (QED) is 0.381. The van der Waals surface area contributed by atoms with Crippen molar-refractivity contribution in [3.63, 3.8) is 0 Å². The number of hydrogen-bond donors (Lipinski definition) is 1. The van der Waals surface area contributed by atoms with Gasteiger partial charge in [-0.2, -0.15) is 0 Å². The van der Waals surface area contributed by atoms with Crippen molar-refractivity contribution < 1.29 is 28.9 Å². The molecule has 0 aromatic heterocycles. The fourth-order valence-electron chi connectivity index (χ4n) is 4.42. The zero-order valence-electron chi connectivity index (χ0n) is 19.7. The average molecular weight is 467 g/mol. The molecular formula is C26H30N2O6. The number of aryl methyl sites for hydroxylation is 1. The Kier molecular flexibility index (Phi) is 7.19. The monoisotopic (exact) mass is 466 g/mol. The van der Waals surface area contributed by atoms with E-state index in [9.17, 15) is 14.7 Å². The molecule has 0 radical (unpaired) electrons. The maximum absolute atomic E-state index is 13.2. The number of aliphatic hydroxyl groups is 1. The molecule has 2 aromatic rings. The zero-order valence-corrected chi connectivity index (χ0v) is 19.7. The van der Waals surface area contributed by atoms with E-state index in [0.29, 0.717) is 48.9 Å². The lowest BCUT2D eigenvalue weighted by atomic mass is 9.94. The van der Waals surface area contributed by atoms with Gasteiger partial charge in [-0.3, -0.25) is 14.5 Å². The van der Waals surface area contributed by atoms with E-state index in [4.69, 9.17) is 14.2 Å². The van der Waals surface area contributed by atoms with E-state index < -0.39 is 17.7 Å². The molecule has 1 unspecified atom stereocenters. The number of nitrogens with zero attached hydrogens (tertiary/aromatic N) is 2. The van der Waals surface area contributed by atoms with Crippen molar-refractivity contribution in [2.45, 2.75) is 13.0 Å². The topological polar surface area (TPSA) is 88.5 Å². The molecule has 0 bridgehead atoms. The number of ether oxygens (including phenoxy) is 3. The number of aliphatic hydroxyl groups excluding tert-OH is 1. The summed E-state index contributed by atoms with van der Waals surface area (Å²) in [5.41, 5.74) is 2.25. The van der Waals surface area contributed by atoms with Crippen molar-refractivity contribution in [3.8, 4) is 11.5 Å². The second-order valence-electron chi connectivity index (χ2n) is 8.43. The van der Waals surface area contributed by atoms with Crippen LogP contribution in [0.5, 0.6) is 11.5 Å². The second kappa shape index (κ2) is 10.3. The molecule has 1 amide bonds. The van der Waals surface area contributed by atoms with E-state index in [2.05, 4.69) is 4.90 Å². The van der Waals surface area contributed by atoms with Gasteiger partial charge in [0.2, 0.25) is 0 Å². The Hall–Kier alpha value is -3.36. The summed E-state index contributed by atoms with van der Waals surface area (Å²) in [6.07, 6.45) is 0. The molecule has 0 saturated carbocycles. The van der Waals surface area contributed by atoms with Gasteiger partial charge in [0.15, 0.2) is 11.5 Å². The number of likely N-dealkylation sites (tertiary alicyclic amines) is 1. The van der Waals surface area contributed by atoms with E-state index in [1.807, 2.05) is 19.1 Å². The molecule has 34 heavy (non-hydrogen) atoms. The van der Waals surface area contributed by atoms with E-state index in [0.717, 1.165) is 18.7 Å². The standard InChI is InChI=1S/C26H30N2O6/c1-17-4-6-18(7-5-17)24(29)22-23(19-8-9-20(32-2)21(16-19)33-3)28(26(31)25(22)30)11-10-27-12-14-34-15-13-27/h4-9,16,23,29H,10-15H2,1-3H3. The number of methoxy groups -OCH3 is 2. The van der Waals surface area contributed by atoms with Gasteiger partial charge in [-0.1, -0.05) is 35.9 Å². The highest BCUT2D eigenvalue weighted by Gasteiger charge is 2.46. The Morgan fingerprint density at radius 3 is 2.32 bits per heavy atom. The van der Waals surface area contributed by atoms with Crippen LogP contribution in [0, 0.1) is 6.92 Å². The molecule has 2 aliphatic heterocycles. The number of carbonyl (C=O) groups is 2. The number of rotatable bonds is 7. The highest BCUT2D eigenvalue weighted by atomic mass is 16.5. The summed E-state index contributed by atoms with van der Waals surface area (Å²) < 4.78 is 16.2. The summed E-state index contributed by atoms with van der Waals surface area (Å²) in [7, 11) is 3.08. The van der Waals surface area contributed by atoms with Crippen molar-refractivity contribution >= 4 is 17.4 Å². The first kappa shape index (κ1) is 23.8. The minimum atomic E-state index is -0.748. The Bertz CT molecular complexity index is 1090. The molecule has 4 rings (SSSR count). The molecule has 0 aliphatic carbocycles. The van der Waals surface area contributed by atoms with Crippen LogP contribution < -0.4 is 9.47 Å². The highest BCUT2D eigenvalue weighted by Crippen LogP contribution is 2.41. The molecule has 2 aromatic carbocycles. The van der Waals surface area contributed by atoms with E-state index in [1.54, 1.807) is 42.3 Å². The van der Waals surface area contributed by atoms with E-state index >= 15 is 0 Å². The summed E-state index contributed by atoms with van der Waals surface area (Å²) in [5.74, 6) is -0.488. The van der Waals surface area contributed by atoms with E-state index in [-0.39, 0.29) is 11.3 Å². The molecule has 1 atom stereocenters. The van der Waals surface area contributed by atoms with Crippen LogP contribution in [0.1, 0.15) is 22.7 Å². The van der Waals surface area contributed by atoms with Crippen molar-refractivity contribution in [2.24, 2.45) is 0 Å². The van der Waals surface area contributed by atoms with Crippen molar-refractivity contribution in [1.82, 2.24) is 9.80 Å². The van der Waals surface area contributed by atoms with Crippen LogP contribution in [0.15, 0.2) is 48.0 Å². The van der Waals surface area contributed by atoms with Gasteiger partial charge in [0, 0.05) is 31.7 Å². The SMILES string of the molecule is COc1ccc(C2C(=C(O)c3ccc(C)cc3)C(=O)C(=O)N2CCN2CCOCC2)cc1OC. The molecule has 2 heterocycles. The molecular weight excluding hydrogens is 436 g/mol. The number of carbonyl (C=O) groups excluding carboxylic acids is 2. The summed E-state index contributed by atoms with van der Waals surface area (Å²) in [5, 5.41) is 11.2. The smallest absolute Gasteiger partial charge is 0.295 e. The van der Waals surface area contributed by atoms with Crippen LogP contribution >= 0.6 is 0 Å². The van der Waals surface area contributed by atoms with Gasteiger partial charge in [0.1, 0.15) is 5.76 Å². The summed E-state index contributed by atoms with van der Waals surface area (Å²) >= 11 is 0. The lowest BCUT2D eigenvalue weighted by Gasteiger charge is -2.31. The zero-order chi connectivity index (χ0) is 24.2. The van der Waals surface area contributed by atoms with Gasteiger partial charge >= 0.3 is 0 Å². The Morgan fingerprint density at radius 2 is 1.68 bits per heavy atom. The van der Waals surface area contributed by atoms with Crippen molar-refractivity contribution in [1.29, 1.82) is 0 Å². The first-order chi connectivity index (χ1) is 16.4. The van der Waals surface area contributed by atoms with Gasteiger partial charge in [-0.25, -0.2) is 0 Å². The molecule has 0 spiro atoms. The van der Waals surface area contributed by atoms with Crippen LogP contribution in [0.25, 0.3) is 5.76 Å².